The van der Waals surface area contributed by atoms with E-state index in [0.717, 1.165) is 34.5 Å². The van der Waals surface area contributed by atoms with Gasteiger partial charge in [-0.15, -0.1) is 0 Å². The number of halogens is 1. The van der Waals surface area contributed by atoms with E-state index in [4.69, 9.17) is 16.7 Å². The molecule has 0 radical (unpaired) electrons. The molecular formula is C14H19ClN2O. The first-order chi connectivity index (χ1) is 8.76. The van der Waals surface area contributed by atoms with Gasteiger partial charge < -0.3 is 15.4 Å². The third-order valence-corrected chi connectivity index (χ3v) is 3.68. The Balaban J connectivity index is 2.09. The minimum Gasteiger partial charge on any atom is -0.396 e. The average molecular weight is 267 g/mol. The molecule has 3 N–H and O–H groups in total. The minimum atomic E-state index is 0.214. The molecule has 0 aliphatic rings. The molecular weight excluding hydrogens is 248 g/mol. The largest absolute Gasteiger partial charge is 0.396 e. The number of H-pyrrole nitrogens is 1. The van der Waals surface area contributed by atoms with Gasteiger partial charge in [0.2, 0.25) is 0 Å². The van der Waals surface area contributed by atoms with E-state index in [0.29, 0.717) is 12.6 Å². The van der Waals surface area contributed by atoms with Gasteiger partial charge in [0.25, 0.3) is 0 Å². The Labute approximate surface area is 112 Å². The summed E-state index contributed by atoms with van der Waals surface area (Å²) in [7, 11) is 0. The van der Waals surface area contributed by atoms with Crippen LogP contribution in [0.1, 0.15) is 25.5 Å². The van der Waals surface area contributed by atoms with Gasteiger partial charge in [-0.3, -0.25) is 0 Å². The molecule has 0 aliphatic carbocycles. The third-order valence-electron chi connectivity index (χ3n) is 3.25. The van der Waals surface area contributed by atoms with Crippen molar-refractivity contribution in [3.63, 3.8) is 0 Å². The van der Waals surface area contributed by atoms with Gasteiger partial charge >= 0.3 is 0 Å². The highest BCUT2D eigenvalue weighted by Gasteiger charge is 2.10. The molecule has 0 bridgehead atoms. The number of nitrogens with one attached hydrogen (secondary N) is 2. The number of aliphatic hydroxyl groups is 1. The molecule has 1 atom stereocenters. The van der Waals surface area contributed by atoms with Gasteiger partial charge in [-0.1, -0.05) is 36.7 Å². The number of fused-ring (bicyclic) bond motifs is 1. The van der Waals surface area contributed by atoms with Crippen LogP contribution in [0.3, 0.4) is 0 Å². The summed E-state index contributed by atoms with van der Waals surface area (Å²) in [5.74, 6) is 0. The zero-order valence-electron chi connectivity index (χ0n) is 10.5. The van der Waals surface area contributed by atoms with Crippen LogP contribution in [-0.2, 0) is 6.54 Å². The Hall–Kier alpha value is -1.03. The van der Waals surface area contributed by atoms with Gasteiger partial charge in [0.05, 0.1) is 5.02 Å². The Morgan fingerprint density at radius 2 is 2.17 bits per heavy atom. The number of aliphatic hydroxyl groups excluding tert-OH is 1. The third kappa shape index (κ3) is 2.86. The van der Waals surface area contributed by atoms with Gasteiger partial charge in [-0.2, -0.15) is 0 Å². The second kappa shape index (κ2) is 6.23. The van der Waals surface area contributed by atoms with Crippen molar-refractivity contribution in [2.45, 2.75) is 32.4 Å². The number of hydrogen-bond acceptors (Lipinski definition) is 2. The van der Waals surface area contributed by atoms with Crippen LogP contribution in [-0.4, -0.2) is 22.7 Å². The van der Waals surface area contributed by atoms with Gasteiger partial charge in [-0.05, 0) is 18.9 Å². The van der Waals surface area contributed by atoms with Crippen LogP contribution in [0.2, 0.25) is 5.02 Å². The fraction of sp³-hybridized carbons (Fsp3) is 0.429. The predicted octanol–water partition coefficient (Wildman–Crippen LogP) is 3.07. The summed E-state index contributed by atoms with van der Waals surface area (Å²) < 4.78 is 0. The number of rotatable bonds is 6. The average Bonchev–Trinajstić information content (AvgIpc) is 2.72. The molecule has 1 unspecified atom stereocenters. The molecule has 0 aliphatic heterocycles. The van der Waals surface area contributed by atoms with E-state index >= 15 is 0 Å². The van der Waals surface area contributed by atoms with Crippen LogP contribution in [0.5, 0.6) is 0 Å². The fourth-order valence-corrected chi connectivity index (χ4v) is 2.42. The quantitative estimate of drug-likeness (QED) is 0.753. The van der Waals surface area contributed by atoms with E-state index in [9.17, 15) is 0 Å². The van der Waals surface area contributed by atoms with E-state index < -0.39 is 0 Å². The van der Waals surface area contributed by atoms with Crippen molar-refractivity contribution in [3.8, 4) is 0 Å². The van der Waals surface area contributed by atoms with Crippen molar-refractivity contribution < 1.29 is 5.11 Å². The molecule has 1 aromatic carbocycles. The summed E-state index contributed by atoms with van der Waals surface area (Å²) in [6, 6.07) is 8.35. The topological polar surface area (TPSA) is 48.0 Å². The van der Waals surface area contributed by atoms with E-state index in [2.05, 4.69) is 17.2 Å². The first kappa shape index (κ1) is 13.4. The molecule has 98 valence electrons. The molecule has 3 nitrogen and oxygen atoms in total. The van der Waals surface area contributed by atoms with E-state index in [1.165, 1.54) is 0 Å². The van der Waals surface area contributed by atoms with Crippen LogP contribution >= 0.6 is 11.6 Å². The number of hydrogen-bond donors (Lipinski definition) is 3. The molecule has 1 aromatic heterocycles. The highest BCUT2D eigenvalue weighted by Crippen LogP contribution is 2.27. The number of aromatic amines is 1. The second-order valence-corrected chi connectivity index (χ2v) is 4.84. The molecule has 0 saturated carbocycles. The highest BCUT2D eigenvalue weighted by molar-refractivity contribution is 6.36. The summed E-state index contributed by atoms with van der Waals surface area (Å²) in [6.07, 6.45) is 1.77. The number of para-hydroxylation sites is 1. The molecule has 0 spiro atoms. The van der Waals surface area contributed by atoms with E-state index in [-0.39, 0.29) is 6.61 Å². The maximum absolute atomic E-state index is 8.96. The number of benzene rings is 1. The molecule has 0 amide bonds. The van der Waals surface area contributed by atoms with Crippen LogP contribution in [0.25, 0.3) is 10.9 Å². The lowest BCUT2D eigenvalue weighted by Gasteiger charge is -2.15. The fourth-order valence-electron chi connectivity index (χ4n) is 2.14. The molecule has 0 fully saturated rings. The zero-order chi connectivity index (χ0) is 13.0. The van der Waals surface area contributed by atoms with Crippen molar-refractivity contribution in [1.82, 2.24) is 10.3 Å². The minimum absolute atomic E-state index is 0.214. The van der Waals surface area contributed by atoms with Gasteiger partial charge in [0.15, 0.2) is 0 Å². The lowest BCUT2D eigenvalue weighted by Crippen LogP contribution is -2.29. The van der Waals surface area contributed by atoms with Crippen molar-refractivity contribution in [2.24, 2.45) is 0 Å². The smallest absolute Gasteiger partial charge is 0.0705 e. The molecule has 1 heterocycles. The standard InChI is InChI=1S/C14H19ClN2O/c1-2-10(7-8-18)16-9-13-14(15)11-5-3-4-6-12(11)17-13/h3-6,10,16-18H,2,7-9H2,1H3. The maximum atomic E-state index is 8.96. The second-order valence-electron chi connectivity index (χ2n) is 4.46. The lowest BCUT2D eigenvalue weighted by atomic mass is 10.1. The van der Waals surface area contributed by atoms with Crippen LogP contribution < -0.4 is 5.32 Å². The summed E-state index contributed by atoms with van der Waals surface area (Å²) in [6.45, 7) is 3.03. The van der Waals surface area contributed by atoms with Gasteiger partial charge in [-0.25, -0.2) is 0 Å². The van der Waals surface area contributed by atoms with E-state index in [1.807, 2.05) is 24.3 Å². The van der Waals surface area contributed by atoms with E-state index in [1.54, 1.807) is 0 Å². The van der Waals surface area contributed by atoms with Gasteiger partial charge in [0.1, 0.15) is 0 Å². The Kier molecular flexibility index (Phi) is 4.64. The maximum Gasteiger partial charge on any atom is 0.0705 e. The predicted molar refractivity (Wildman–Crippen MR) is 75.9 cm³/mol. The molecule has 0 saturated heterocycles. The first-order valence-corrected chi connectivity index (χ1v) is 6.73. The summed E-state index contributed by atoms with van der Waals surface area (Å²) in [4.78, 5) is 3.33. The normalized spacial score (nSPS) is 13.1. The van der Waals surface area contributed by atoms with Crippen molar-refractivity contribution >= 4 is 22.5 Å². The first-order valence-electron chi connectivity index (χ1n) is 6.35. The highest BCUT2D eigenvalue weighted by atomic mass is 35.5. The van der Waals surface area contributed by atoms with Gasteiger partial charge in [0, 0.05) is 35.8 Å². The SMILES string of the molecule is CCC(CCO)NCc1[nH]c2ccccc2c1Cl. The van der Waals surface area contributed by atoms with Crippen LogP contribution in [0.15, 0.2) is 24.3 Å². The lowest BCUT2D eigenvalue weighted by molar-refractivity contribution is 0.262. The zero-order valence-corrected chi connectivity index (χ0v) is 11.3. The van der Waals surface area contributed by atoms with Crippen molar-refractivity contribution in [3.05, 3.63) is 35.0 Å². The summed E-state index contributed by atoms with van der Waals surface area (Å²) in [5.41, 5.74) is 2.07. The summed E-state index contributed by atoms with van der Waals surface area (Å²) >= 11 is 6.34. The Morgan fingerprint density at radius 1 is 1.39 bits per heavy atom. The summed E-state index contributed by atoms with van der Waals surface area (Å²) in [5, 5.41) is 14.2. The molecule has 18 heavy (non-hydrogen) atoms. The van der Waals surface area contributed by atoms with Crippen molar-refractivity contribution in [1.29, 1.82) is 0 Å². The number of aromatic nitrogens is 1. The molecule has 2 aromatic rings. The van der Waals surface area contributed by atoms with Crippen molar-refractivity contribution in [2.75, 3.05) is 6.61 Å². The Bertz CT molecular complexity index is 509. The Morgan fingerprint density at radius 3 is 2.83 bits per heavy atom. The van der Waals surface area contributed by atoms with Crippen LogP contribution in [0.4, 0.5) is 0 Å². The van der Waals surface area contributed by atoms with Crippen LogP contribution in [0, 0.1) is 0 Å². The monoisotopic (exact) mass is 266 g/mol. The molecule has 2 rings (SSSR count). The molecule has 4 heteroatoms.